The first-order valence-electron chi connectivity index (χ1n) is 6.95. The molecule has 0 spiro atoms. The van der Waals surface area contributed by atoms with Crippen LogP contribution < -0.4 is 0 Å². The molecule has 0 bridgehead atoms. The maximum Gasteiger partial charge on any atom is 0.191 e. The van der Waals surface area contributed by atoms with E-state index in [1.807, 2.05) is 12.1 Å². The van der Waals surface area contributed by atoms with Crippen molar-refractivity contribution in [1.82, 2.24) is 4.98 Å². The number of rotatable bonds is 6. The van der Waals surface area contributed by atoms with Gasteiger partial charge < -0.3 is 9.53 Å². The van der Waals surface area contributed by atoms with Gasteiger partial charge in [-0.2, -0.15) is 0 Å². The van der Waals surface area contributed by atoms with Crippen molar-refractivity contribution in [2.75, 3.05) is 6.61 Å². The molecule has 108 valence electrons. The molecule has 0 aromatic carbocycles. The van der Waals surface area contributed by atoms with E-state index < -0.39 is 8.32 Å². The number of aliphatic hydroxyl groups excluding tert-OH is 1. The van der Waals surface area contributed by atoms with Crippen LogP contribution in [0.4, 0.5) is 0 Å². The summed E-state index contributed by atoms with van der Waals surface area (Å²) in [6.45, 7) is 12.1. The molecule has 0 aliphatic rings. The van der Waals surface area contributed by atoms with E-state index in [0.717, 1.165) is 30.7 Å². The molecule has 1 rings (SSSR count). The zero-order valence-electron chi connectivity index (χ0n) is 12.9. The van der Waals surface area contributed by atoms with Crippen LogP contribution in [-0.2, 0) is 17.5 Å². The SMILES string of the molecule is CC(C)(C)[Si](C)(C)OCCCc1ncccc1CO. The van der Waals surface area contributed by atoms with Crippen LogP contribution in [-0.4, -0.2) is 25.0 Å². The minimum Gasteiger partial charge on any atom is -0.417 e. The van der Waals surface area contributed by atoms with Gasteiger partial charge in [0.2, 0.25) is 0 Å². The Hall–Kier alpha value is -0.713. The molecule has 0 saturated heterocycles. The Morgan fingerprint density at radius 1 is 1.32 bits per heavy atom. The van der Waals surface area contributed by atoms with Crippen LogP contribution in [0.2, 0.25) is 18.1 Å². The van der Waals surface area contributed by atoms with Gasteiger partial charge in [-0.1, -0.05) is 26.8 Å². The summed E-state index contributed by atoms with van der Waals surface area (Å²) in [7, 11) is -1.63. The zero-order valence-corrected chi connectivity index (χ0v) is 13.9. The normalized spacial score (nSPS) is 12.7. The second kappa shape index (κ2) is 6.64. The van der Waals surface area contributed by atoms with Crippen molar-refractivity contribution in [3.63, 3.8) is 0 Å². The molecule has 0 unspecified atom stereocenters. The molecule has 19 heavy (non-hydrogen) atoms. The van der Waals surface area contributed by atoms with Crippen LogP contribution in [0.3, 0.4) is 0 Å². The van der Waals surface area contributed by atoms with Crippen LogP contribution >= 0.6 is 0 Å². The molecule has 0 atom stereocenters. The Labute approximate surface area is 118 Å². The summed E-state index contributed by atoms with van der Waals surface area (Å²) in [6, 6.07) is 3.79. The highest BCUT2D eigenvalue weighted by molar-refractivity contribution is 6.74. The molecule has 0 aliphatic heterocycles. The predicted molar refractivity (Wildman–Crippen MR) is 81.6 cm³/mol. The van der Waals surface area contributed by atoms with E-state index >= 15 is 0 Å². The van der Waals surface area contributed by atoms with E-state index in [2.05, 4.69) is 38.8 Å². The van der Waals surface area contributed by atoms with Crippen molar-refractivity contribution in [3.8, 4) is 0 Å². The third-order valence-electron chi connectivity index (χ3n) is 3.98. The van der Waals surface area contributed by atoms with Gasteiger partial charge in [0.25, 0.3) is 0 Å². The van der Waals surface area contributed by atoms with Gasteiger partial charge >= 0.3 is 0 Å². The molecule has 4 heteroatoms. The number of aromatic nitrogens is 1. The topological polar surface area (TPSA) is 42.4 Å². The summed E-state index contributed by atoms with van der Waals surface area (Å²) in [5, 5.41) is 9.50. The van der Waals surface area contributed by atoms with E-state index in [4.69, 9.17) is 4.43 Å². The summed E-state index contributed by atoms with van der Waals surface area (Å²) in [5.74, 6) is 0. The molecule has 0 aliphatic carbocycles. The van der Waals surface area contributed by atoms with Crippen LogP contribution in [0.5, 0.6) is 0 Å². The molecule has 1 N–H and O–H groups in total. The van der Waals surface area contributed by atoms with E-state index in [9.17, 15) is 5.11 Å². The standard InChI is InChI=1S/C15H27NO2Si/c1-15(2,3)19(4,5)18-11-7-9-14-13(12-17)8-6-10-16-14/h6,8,10,17H,7,9,11-12H2,1-5H3. The maximum absolute atomic E-state index is 9.25. The van der Waals surface area contributed by atoms with Crippen LogP contribution in [0.15, 0.2) is 18.3 Å². The summed E-state index contributed by atoms with van der Waals surface area (Å²) >= 11 is 0. The third-order valence-corrected chi connectivity index (χ3v) is 8.52. The van der Waals surface area contributed by atoms with E-state index in [-0.39, 0.29) is 11.6 Å². The Bertz CT molecular complexity index is 399. The van der Waals surface area contributed by atoms with Gasteiger partial charge in [-0.25, -0.2) is 0 Å². The molecular formula is C15H27NO2Si. The van der Waals surface area contributed by atoms with Gasteiger partial charge in [0.15, 0.2) is 8.32 Å². The first kappa shape index (κ1) is 16.3. The smallest absolute Gasteiger partial charge is 0.191 e. The summed E-state index contributed by atoms with van der Waals surface area (Å²) in [6.07, 6.45) is 3.60. The van der Waals surface area contributed by atoms with E-state index in [0.29, 0.717) is 0 Å². The number of aryl methyl sites for hydroxylation is 1. The zero-order chi connectivity index (χ0) is 14.5. The van der Waals surface area contributed by atoms with Crippen molar-refractivity contribution in [3.05, 3.63) is 29.6 Å². The molecular weight excluding hydrogens is 254 g/mol. The van der Waals surface area contributed by atoms with Crippen LogP contribution in [0.1, 0.15) is 38.4 Å². The lowest BCUT2D eigenvalue weighted by Gasteiger charge is -2.36. The quantitative estimate of drug-likeness (QED) is 0.641. The second-order valence-electron chi connectivity index (χ2n) is 6.48. The average Bonchev–Trinajstić information content (AvgIpc) is 2.33. The highest BCUT2D eigenvalue weighted by Gasteiger charge is 2.36. The fraction of sp³-hybridized carbons (Fsp3) is 0.667. The van der Waals surface area contributed by atoms with Crippen LogP contribution in [0.25, 0.3) is 0 Å². The van der Waals surface area contributed by atoms with Gasteiger partial charge in [0.05, 0.1) is 6.61 Å². The minimum atomic E-state index is -1.63. The van der Waals surface area contributed by atoms with Crippen molar-refractivity contribution in [2.24, 2.45) is 0 Å². The largest absolute Gasteiger partial charge is 0.417 e. The van der Waals surface area contributed by atoms with Gasteiger partial charge in [-0.05, 0) is 42.6 Å². The first-order chi connectivity index (χ1) is 8.78. The van der Waals surface area contributed by atoms with Gasteiger partial charge in [-0.3, -0.25) is 4.98 Å². The summed E-state index contributed by atoms with van der Waals surface area (Å²) < 4.78 is 6.14. The highest BCUT2D eigenvalue weighted by atomic mass is 28.4. The van der Waals surface area contributed by atoms with E-state index in [1.165, 1.54) is 0 Å². The predicted octanol–water partition coefficient (Wildman–Crippen LogP) is 3.53. The van der Waals surface area contributed by atoms with Crippen molar-refractivity contribution >= 4 is 8.32 Å². The van der Waals surface area contributed by atoms with Crippen LogP contribution in [0, 0.1) is 0 Å². The fourth-order valence-corrected chi connectivity index (χ4v) is 2.71. The summed E-state index contributed by atoms with van der Waals surface area (Å²) in [5.41, 5.74) is 1.92. The lowest BCUT2D eigenvalue weighted by molar-refractivity contribution is 0.274. The monoisotopic (exact) mass is 281 g/mol. The number of hydrogen-bond donors (Lipinski definition) is 1. The molecule has 1 aromatic rings. The van der Waals surface area contributed by atoms with E-state index in [1.54, 1.807) is 6.20 Å². The molecule has 1 aromatic heterocycles. The molecule has 3 nitrogen and oxygen atoms in total. The third kappa shape index (κ3) is 4.71. The van der Waals surface area contributed by atoms with Crippen molar-refractivity contribution in [2.45, 2.75) is 58.4 Å². The fourth-order valence-electron chi connectivity index (χ4n) is 1.62. The molecule has 0 saturated carbocycles. The minimum absolute atomic E-state index is 0.0618. The average molecular weight is 281 g/mol. The maximum atomic E-state index is 9.25. The Morgan fingerprint density at radius 3 is 2.58 bits per heavy atom. The van der Waals surface area contributed by atoms with Gasteiger partial charge in [-0.15, -0.1) is 0 Å². The molecule has 0 amide bonds. The second-order valence-corrected chi connectivity index (χ2v) is 11.3. The van der Waals surface area contributed by atoms with Gasteiger partial charge in [0.1, 0.15) is 0 Å². The lowest BCUT2D eigenvalue weighted by Crippen LogP contribution is -2.41. The van der Waals surface area contributed by atoms with Gasteiger partial charge in [0, 0.05) is 18.5 Å². The van der Waals surface area contributed by atoms with Crippen molar-refractivity contribution < 1.29 is 9.53 Å². The molecule has 1 heterocycles. The Kier molecular flexibility index (Phi) is 5.71. The van der Waals surface area contributed by atoms with Crippen molar-refractivity contribution in [1.29, 1.82) is 0 Å². The molecule has 0 fully saturated rings. The highest BCUT2D eigenvalue weighted by Crippen LogP contribution is 2.36. The number of pyridine rings is 1. The number of aliphatic hydroxyl groups is 1. The Morgan fingerprint density at radius 2 is 2.00 bits per heavy atom. The lowest BCUT2D eigenvalue weighted by atomic mass is 10.1. The number of nitrogens with zero attached hydrogens (tertiary/aromatic N) is 1. The number of hydrogen-bond acceptors (Lipinski definition) is 3. The first-order valence-corrected chi connectivity index (χ1v) is 9.86. The Balaban J connectivity index is 2.43. The summed E-state index contributed by atoms with van der Waals surface area (Å²) in [4.78, 5) is 4.33. The molecule has 0 radical (unpaired) electrons.